The molecule has 1 N–H and O–H groups in total. The summed E-state index contributed by atoms with van der Waals surface area (Å²) in [5.74, 6) is 0.0306. The van der Waals surface area contributed by atoms with Gasteiger partial charge in [-0.25, -0.2) is 9.59 Å². The van der Waals surface area contributed by atoms with Crippen LogP contribution >= 0.6 is 0 Å². The number of hydrogen-bond acceptors (Lipinski definition) is 5. The van der Waals surface area contributed by atoms with Gasteiger partial charge in [-0.15, -0.1) is 6.58 Å². The van der Waals surface area contributed by atoms with E-state index in [9.17, 15) is 14.4 Å². The number of carbonyl (C=O) groups is 3. The molecule has 2 fully saturated rings. The summed E-state index contributed by atoms with van der Waals surface area (Å²) in [6.45, 7) is 11.2. The van der Waals surface area contributed by atoms with Crippen LogP contribution in [0, 0.1) is 12.8 Å². The molecule has 3 amide bonds. The van der Waals surface area contributed by atoms with Gasteiger partial charge in [0.05, 0.1) is 18.2 Å². The molecule has 1 saturated heterocycles. The average Bonchev–Trinajstić information content (AvgIpc) is 3.41. The zero-order valence-electron chi connectivity index (χ0n) is 21.5. The van der Waals surface area contributed by atoms with Gasteiger partial charge in [-0.2, -0.15) is 0 Å². The molecule has 1 aromatic rings. The fraction of sp³-hybridized carbons (Fsp3) is 0.536. The topological polar surface area (TPSA) is 82.2 Å². The third-order valence-corrected chi connectivity index (χ3v) is 7.51. The molecular formula is C28H38N4O4. The first-order valence-corrected chi connectivity index (χ1v) is 13.1. The molecule has 4 rings (SSSR count). The highest BCUT2D eigenvalue weighted by Gasteiger charge is 2.39. The van der Waals surface area contributed by atoms with E-state index >= 15 is 0 Å². The highest BCUT2D eigenvalue weighted by molar-refractivity contribution is 5.95. The van der Waals surface area contributed by atoms with E-state index < -0.39 is 12.0 Å². The minimum Gasteiger partial charge on any atom is -0.463 e. The lowest BCUT2D eigenvalue weighted by Crippen LogP contribution is -2.54. The average molecular weight is 495 g/mol. The van der Waals surface area contributed by atoms with Gasteiger partial charge in [0.2, 0.25) is 5.91 Å². The van der Waals surface area contributed by atoms with Crippen molar-refractivity contribution in [3.05, 3.63) is 59.3 Å². The van der Waals surface area contributed by atoms with Gasteiger partial charge >= 0.3 is 12.0 Å². The number of nitrogens with zero attached hydrogens (tertiary/aromatic N) is 3. The van der Waals surface area contributed by atoms with E-state index in [1.54, 1.807) is 17.9 Å². The number of piperazine rings is 1. The lowest BCUT2D eigenvalue weighted by molar-refractivity contribution is -0.139. The lowest BCUT2D eigenvalue weighted by Gasteiger charge is -2.41. The lowest BCUT2D eigenvalue weighted by atomic mass is 9.91. The minimum atomic E-state index is -0.598. The molecule has 1 aliphatic carbocycles. The maximum absolute atomic E-state index is 13.3. The van der Waals surface area contributed by atoms with Gasteiger partial charge in [0, 0.05) is 50.9 Å². The molecule has 1 unspecified atom stereocenters. The number of hydrogen-bond donors (Lipinski definition) is 1. The summed E-state index contributed by atoms with van der Waals surface area (Å²) < 4.78 is 5.49. The van der Waals surface area contributed by atoms with Crippen molar-refractivity contribution in [2.75, 3.05) is 45.9 Å². The van der Waals surface area contributed by atoms with Gasteiger partial charge in [0.1, 0.15) is 0 Å². The first-order valence-electron chi connectivity index (χ1n) is 13.1. The van der Waals surface area contributed by atoms with Crippen molar-refractivity contribution in [3.8, 4) is 0 Å². The van der Waals surface area contributed by atoms with E-state index in [1.807, 2.05) is 36.1 Å². The van der Waals surface area contributed by atoms with Crippen LogP contribution < -0.4 is 5.32 Å². The maximum Gasteiger partial charge on any atom is 0.338 e. The molecule has 0 aromatic heterocycles. The second kappa shape index (κ2) is 11.7. The quantitative estimate of drug-likeness (QED) is 0.443. The van der Waals surface area contributed by atoms with E-state index in [2.05, 4.69) is 16.8 Å². The highest BCUT2D eigenvalue weighted by atomic mass is 16.5. The zero-order valence-corrected chi connectivity index (χ0v) is 21.5. The Bertz CT molecular complexity index is 1020. The van der Waals surface area contributed by atoms with Crippen LogP contribution in [0.1, 0.15) is 49.8 Å². The SMILES string of the molecule is C=CCN1C(=O)NC(c2ccccc2C)C(C(=O)OCC)=C1CN1CCN(C(=O)C2CCCC2)CC1. The Labute approximate surface area is 213 Å². The summed E-state index contributed by atoms with van der Waals surface area (Å²) in [5, 5.41) is 3.03. The molecule has 8 nitrogen and oxygen atoms in total. The third-order valence-electron chi connectivity index (χ3n) is 7.51. The molecule has 1 aromatic carbocycles. The third kappa shape index (κ3) is 5.48. The summed E-state index contributed by atoms with van der Waals surface area (Å²) >= 11 is 0. The zero-order chi connectivity index (χ0) is 25.7. The van der Waals surface area contributed by atoms with Gasteiger partial charge in [0.15, 0.2) is 0 Å². The van der Waals surface area contributed by atoms with Gasteiger partial charge < -0.3 is 15.0 Å². The molecule has 0 bridgehead atoms. The van der Waals surface area contributed by atoms with Crippen molar-refractivity contribution in [3.63, 3.8) is 0 Å². The van der Waals surface area contributed by atoms with Crippen molar-refractivity contribution in [1.82, 2.24) is 20.0 Å². The molecule has 8 heteroatoms. The molecule has 36 heavy (non-hydrogen) atoms. The van der Waals surface area contributed by atoms with Crippen LogP contribution in [0.5, 0.6) is 0 Å². The van der Waals surface area contributed by atoms with Crippen LogP contribution in [0.4, 0.5) is 4.79 Å². The number of nitrogens with one attached hydrogen (secondary N) is 1. The van der Waals surface area contributed by atoms with E-state index in [-0.39, 0.29) is 31.0 Å². The summed E-state index contributed by atoms with van der Waals surface area (Å²) in [4.78, 5) is 45.3. The predicted octanol–water partition coefficient (Wildman–Crippen LogP) is 3.40. The van der Waals surface area contributed by atoms with E-state index in [0.717, 1.165) is 36.8 Å². The standard InChI is InChI=1S/C28H38N4O4/c1-4-14-32-23(19-30-15-17-31(18-16-30)26(33)21-11-7-8-12-21)24(27(34)36-5-2)25(29-28(32)35)22-13-9-6-10-20(22)3/h4,6,9-10,13,21,25H,1,5,7-8,11-12,14-19H2,2-3H3,(H,29,35). The summed E-state index contributed by atoms with van der Waals surface area (Å²) in [6.07, 6.45) is 5.95. The van der Waals surface area contributed by atoms with Crippen molar-refractivity contribution in [2.24, 2.45) is 5.92 Å². The molecule has 0 spiro atoms. The molecule has 194 valence electrons. The number of amides is 3. The second-order valence-electron chi connectivity index (χ2n) is 9.80. The van der Waals surface area contributed by atoms with Crippen LogP contribution in [-0.4, -0.2) is 78.5 Å². The Morgan fingerprint density at radius 3 is 2.47 bits per heavy atom. The number of ether oxygens (including phenoxy) is 1. The monoisotopic (exact) mass is 494 g/mol. The molecule has 1 atom stereocenters. The number of urea groups is 1. The Balaban J connectivity index is 1.62. The molecule has 3 aliphatic rings. The van der Waals surface area contributed by atoms with Crippen LogP contribution in [0.15, 0.2) is 48.2 Å². The molecule has 2 heterocycles. The second-order valence-corrected chi connectivity index (χ2v) is 9.80. The molecule has 1 saturated carbocycles. The van der Waals surface area contributed by atoms with Gasteiger partial charge in [0.25, 0.3) is 0 Å². The first kappa shape index (κ1) is 25.9. The summed E-state index contributed by atoms with van der Waals surface area (Å²) in [5.41, 5.74) is 2.95. The van der Waals surface area contributed by atoms with Crippen molar-refractivity contribution < 1.29 is 19.1 Å². The Kier molecular flexibility index (Phi) is 8.46. The van der Waals surface area contributed by atoms with E-state index in [1.165, 1.54) is 0 Å². The maximum atomic E-state index is 13.3. The number of rotatable bonds is 8. The van der Waals surface area contributed by atoms with Gasteiger partial charge in [-0.05, 0) is 37.8 Å². The van der Waals surface area contributed by atoms with Gasteiger partial charge in [-0.1, -0.05) is 43.2 Å². The number of esters is 1. The Morgan fingerprint density at radius 1 is 1.14 bits per heavy atom. The first-order chi connectivity index (χ1) is 17.4. The highest BCUT2D eigenvalue weighted by Crippen LogP contribution is 2.34. The predicted molar refractivity (Wildman–Crippen MR) is 138 cm³/mol. The fourth-order valence-corrected chi connectivity index (χ4v) is 5.56. The van der Waals surface area contributed by atoms with Crippen LogP contribution in [-0.2, 0) is 14.3 Å². The Hall–Kier alpha value is -3.13. The molecular weight excluding hydrogens is 456 g/mol. The Morgan fingerprint density at radius 2 is 1.83 bits per heavy atom. The van der Waals surface area contributed by atoms with Crippen molar-refractivity contribution in [1.29, 1.82) is 0 Å². The van der Waals surface area contributed by atoms with Crippen molar-refractivity contribution >= 4 is 17.9 Å². The number of carbonyl (C=O) groups excluding carboxylic acids is 3. The number of aryl methyl sites for hydroxylation is 1. The fourth-order valence-electron chi connectivity index (χ4n) is 5.56. The minimum absolute atomic E-state index is 0.176. The van der Waals surface area contributed by atoms with Crippen molar-refractivity contribution in [2.45, 2.75) is 45.6 Å². The smallest absolute Gasteiger partial charge is 0.338 e. The van der Waals surface area contributed by atoms with Gasteiger partial charge in [-0.3, -0.25) is 14.6 Å². The summed E-state index contributed by atoms with van der Waals surface area (Å²) in [7, 11) is 0. The van der Waals surface area contributed by atoms with Crippen LogP contribution in [0.3, 0.4) is 0 Å². The number of benzene rings is 1. The van der Waals surface area contributed by atoms with Crippen LogP contribution in [0.2, 0.25) is 0 Å². The van der Waals surface area contributed by atoms with Crippen LogP contribution in [0.25, 0.3) is 0 Å². The summed E-state index contributed by atoms with van der Waals surface area (Å²) in [6, 6.07) is 6.90. The molecule has 0 radical (unpaired) electrons. The van der Waals surface area contributed by atoms with E-state index in [0.29, 0.717) is 44.0 Å². The normalized spacial score (nSPS) is 21.5. The van der Waals surface area contributed by atoms with E-state index in [4.69, 9.17) is 4.74 Å². The molecule has 2 aliphatic heterocycles. The largest absolute Gasteiger partial charge is 0.463 e.